The Kier molecular flexibility index (Phi) is 3.61. The van der Waals surface area contributed by atoms with Crippen molar-refractivity contribution < 1.29 is 0 Å². The molecule has 0 spiro atoms. The summed E-state index contributed by atoms with van der Waals surface area (Å²) in [7, 11) is 0. The maximum Gasteiger partial charge on any atom is 0.286 e. The molecule has 24 valence electrons. The van der Waals surface area contributed by atoms with E-state index in [1.54, 1.807) is 0 Å². The van der Waals surface area contributed by atoms with E-state index in [1.165, 1.54) is 0 Å². The molecule has 0 rings (SSSR count). The number of hydrogen-bond acceptors (Lipinski definition) is 3. The van der Waals surface area contributed by atoms with Crippen LogP contribution in [-0.2, 0) is 0 Å². The van der Waals surface area contributed by atoms with E-state index in [-0.39, 0.29) is 0 Å². The first-order chi connectivity index (χ1) is 1.91. The zero-order valence-electron chi connectivity index (χ0n) is 2.27. The molecule has 4 N–H and O–H groups in total. The highest BCUT2D eigenvalue weighted by Gasteiger charge is 1.62. The predicted molar refractivity (Wildman–Crippen MR) is 23.1 cm³/mol. The van der Waals surface area contributed by atoms with Gasteiger partial charge >= 0.3 is 0 Å². The van der Waals surface area contributed by atoms with Crippen LogP contribution in [0.2, 0.25) is 0 Å². The van der Waals surface area contributed by atoms with Gasteiger partial charge in [0.25, 0.3) is 6.69 Å². The fraction of sp³-hybridized carbons (Fsp3) is 0. The van der Waals surface area contributed by atoms with Crippen LogP contribution in [0.5, 0.6) is 0 Å². The first-order valence-electron chi connectivity index (χ1n) is 0.933. The Morgan fingerprint density at radius 2 is 2.00 bits per heavy atom. The van der Waals surface area contributed by atoms with Gasteiger partial charge in [-0.3, -0.25) is 5.14 Å². The summed E-state index contributed by atoms with van der Waals surface area (Å²) < 4.78 is 0. The number of rotatable bonds is 1. The normalized spacial score (nSPS) is 6.50. The molecule has 0 aliphatic heterocycles. The summed E-state index contributed by atoms with van der Waals surface area (Å²) in [5.74, 6) is 0. The summed E-state index contributed by atoms with van der Waals surface area (Å²) in [5.41, 5.74) is 4.87. The van der Waals surface area contributed by atoms with E-state index in [1.807, 2.05) is 0 Å². The highest BCUT2D eigenvalue weighted by atomic mass is 32.2. The minimum Gasteiger partial charge on any atom is -0.362 e. The molecule has 0 aromatic carbocycles. The largest absolute Gasteiger partial charge is 0.362 e. The third kappa shape index (κ3) is 2.33. The van der Waals surface area contributed by atoms with Gasteiger partial charge in [-0.2, -0.15) is 0 Å². The molecule has 0 aromatic rings. The van der Waals surface area contributed by atoms with Crippen molar-refractivity contribution in [1.29, 1.82) is 0 Å². The van der Waals surface area contributed by atoms with Gasteiger partial charge in [0.05, 0.1) is 0 Å². The summed E-state index contributed by atoms with van der Waals surface area (Å²) >= 11 is 1.13. The lowest BCUT2D eigenvalue weighted by Crippen LogP contribution is -2.00. The van der Waals surface area contributed by atoms with Gasteiger partial charge in [-0.25, -0.2) is 0 Å². The molecule has 0 heterocycles. The van der Waals surface area contributed by atoms with Crippen LogP contribution < -0.4 is 10.8 Å². The summed E-state index contributed by atoms with van der Waals surface area (Å²) in [5, 5.41) is 4.82. The smallest absolute Gasteiger partial charge is 0.286 e. The predicted octanol–water partition coefficient (Wildman–Crippen LogP) is -1.18. The summed E-state index contributed by atoms with van der Waals surface area (Å²) in [4.78, 5) is 0. The Morgan fingerprint density at radius 3 is 2.00 bits per heavy atom. The van der Waals surface area contributed by atoms with Crippen LogP contribution in [0.3, 0.4) is 0 Å². The molecule has 0 fully saturated rings. The zero-order chi connectivity index (χ0) is 3.41. The van der Waals surface area contributed by atoms with Crippen molar-refractivity contribution in [3.05, 3.63) is 0 Å². The van der Waals surface area contributed by atoms with Gasteiger partial charge in [0.15, 0.2) is 0 Å². The molecule has 0 saturated carbocycles. The average molecular weight is 75.9 g/mol. The fourth-order valence-electron chi connectivity index (χ4n) is 0. The summed E-state index contributed by atoms with van der Waals surface area (Å²) in [6.07, 6.45) is 0. The standard InChI is InChI=1S/BH5N2S/c2-1-4-3/h1H,2-3H2. The second-order valence-electron chi connectivity index (χ2n) is 0.333. The molecular weight excluding hydrogens is 70.9 g/mol. The van der Waals surface area contributed by atoms with Gasteiger partial charge in [-0.15, -0.1) is 11.8 Å². The molecule has 0 aliphatic carbocycles. The third-order valence-electron chi connectivity index (χ3n) is 0.0962. The molecule has 4 heavy (non-hydrogen) atoms. The summed E-state index contributed by atoms with van der Waals surface area (Å²) in [6.45, 7) is 0.514. The Labute approximate surface area is 30.2 Å². The first-order valence-corrected chi connectivity index (χ1v) is 1.98. The van der Waals surface area contributed by atoms with E-state index >= 15 is 0 Å². The van der Waals surface area contributed by atoms with E-state index in [0.29, 0.717) is 6.69 Å². The van der Waals surface area contributed by atoms with Crippen molar-refractivity contribution in [3.8, 4) is 0 Å². The van der Waals surface area contributed by atoms with E-state index in [0.717, 1.165) is 11.8 Å². The molecule has 0 saturated heterocycles. The van der Waals surface area contributed by atoms with Crippen LogP contribution in [0.4, 0.5) is 0 Å². The quantitative estimate of drug-likeness (QED) is 0.305. The zero-order valence-corrected chi connectivity index (χ0v) is 3.09. The van der Waals surface area contributed by atoms with E-state index in [2.05, 4.69) is 0 Å². The van der Waals surface area contributed by atoms with Crippen molar-refractivity contribution in [1.82, 2.24) is 0 Å². The molecule has 4 heteroatoms. The minimum atomic E-state index is 0.514. The highest BCUT2D eigenvalue weighted by Crippen LogP contribution is 1.64. The molecule has 0 amide bonds. The SMILES string of the molecule is NBSN. The van der Waals surface area contributed by atoms with E-state index in [9.17, 15) is 0 Å². The Morgan fingerprint density at radius 1 is 1.75 bits per heavy atom. The first kappa shape index (κ1) is 4.33. The van der Waals surface area contributed by atoms with Gasteiger partial charge in [0.2, 0.25) is 0 Å². The van der Waals surface area contributed by atoms with Gasteiger partial charge in [0.1, 0.15) is 0 Å². The average Bonchev–Trinajstić information content (AvgIpc) is 1.37. The van der Waals surface area contributed by atoms with Gasteiger partial charge in [0, 0.05) is 0 Å². The molecule has 0 radical (unpaired) electrons. The second kappa shape index (κ2) is 3.33. The minimum absolute atomic E-state index is 0.514. The lowest BCUT2D eigenvalue weighted by Gasteiger charge is -1.67. The molecule has 0 aliphatic rings. The molecule has 0 bridgehead atoms. The molecule has 2 nitrogen and oxygen atoms in total. The van der Waals surface area contributed by atoms with Crippen molar-refractivity contribution in [2.75, 3.05) is 0 Å². The van der Waals surface area contributed by atoms with Crippen LogP contribution in [0, 0.1) is 0 Å². The van der Waals surface area contributed by atoms with Crippen LogP contribution >= 0.6 is 11.8 Å². The summed E-state index contributed by atoms with van der Waals surface area (Å²) in [6, 6.07) is 0. The monoisotopic (exact) mass is 76.0 g/mol. The lowest BCUT2D eigenvalue weighted by atomic mass is 10.5. The van der Waals surface area contributed by atoms with E-state index < -0.39 is 0 Å². The van der Waals surface area contributed by atoms with Crippen LogP contribution in [0.1, 0.15) is 0 Å². The lowest BCUT2D eigenvalue weighted by molar-refractivity contribution is 1.96. The van der Waals surface area contributed by atoms with Crippen LogP contribution in [0.25, 0.3) is 0 Å². The van der Waals surface area contributed by atoms with Crippen molar-refractivity contribution in [3.63, 3.8) is 0 Å². The number of hydrogen-bond donors (Lipinski definition) is 2. The third-order valence-corrected chi connectivity index (χ3v) is 0.289. The van der Waals surface area contributed by atoms with Crippen molar-refractivity contribution >= 4 is 18.5 Å². The van der Waals surface area contributed by atoms with Crippen molar-refractivity contribution in [2.45, 2.75) is 0 Å². The van der Waals surface area contributed by atoms with Crippen LogP contribution in [0.15, 0.2) is 0 Å². The molecule has 0 atom stereocenters. The highest BCUT2D eigenvalue weighted by molar-refractivity contribution is 8.20. The van der Waals surface area contributed by atoms with Crippen molar-refractivity contribution in [2.24, 2.45) is 10.8 Å². The van der Waals surface area contributed by atoms with Gasteiger partial charge < -0.3 is 5.64 Å². The van der Waals surface area contributed by atoms with E-state index in [4.69, 9.17) is 10.8 Å². The molecular formula is H5BN2S. The fourth-order valence-corrected chi connectivity index (χ4v) is 0. The maximum absolute atomic E-state index is 4.87. The van der Waals surface area contributed by atoms with Gasteiger partial charge in [-0.05, 0) is 0 Å². The topological polar surface area (TPSA) is 52.0 Å². The van der Waals surface area contributed by atoms with Crippen LogP contribution in [-0.4, -0.2) is 6.69 Å². The number of nitrogens with two attached hydrogens (primary N) is 2. The Hall–Kier alpha value is 0.335. The second-order valence-corrected chi connectivity index (χ2v) is 1.00. The Balaban J connectivity index is 1.97. The molecule has 0 unspecified atom stereocenters. The Bertz CT molecular complexity index is 8.00. The van der Waals surface area contributed by atoms with Gasteiger partial charge in [-0.1, -0.05) is 0 Å². The maximum atomic E-state index is 4.87. The molecule has 0 aromatic heterocycles.